The van der Waals surface area contributed by atoms with Gasteiger partial charge >= 0.3 is 0 Å². The van der Waals surface area contributed by atoms with Crippen LogP contribution in [0.2, 0.25) is 0 Å². The van der Waals surface area contributed by atoms with Crippen molar-refractivity contribution in [2.75, 3.05) is 25.3 Å². The van der Waals surface area contributed by atoms with Crippen molar-refractivity contribution in [3.8, 4) is 17.2 Å². The van der Waals surface area contributed by atoms with Crippen LogP contribution in [0.25, 0.3) is 17.0 Å². The minimum atomic E-state index is -3.01. The van der Waals surface area contributed by atoms with Crippen LogP contribution >= 0.6 is 0 Å². The van der Waals surface area contributed by atoms with Crippen LogP contribution < -0.4 is 14.2 Å². The first kappa shape index (κ1) is 22.2. The summed E-state index contributed by atoms with van der Waals surface area (Å²) in [6.07, 6.45) is 4.39. The number of Topliss-reactive ketones (excluding diaryl/α,β-unsaturated/α-hetero) is 1. The number of hydrogen-bond donors (Lipinski definition) is 0. The summed E-state index contributed by atoms with van der Waals surface area (Å²) in [7, 11) is -1.38. The molecule has 0 aliphatic carbocycles. The Morgan fingerprint density at radius 2 is 2.09 bits per heavy atom. The molecular formula is C26H26N2O6S. The summed E-state index contributed by atoms with van der Waals surface area (Å²) in [4.78, 5) is 15.3. The van der Waals surface area contributed by atoms with Crippen molar-refractivity contribution in [2.24, 2.45) is 0 Å². The van der Waals surface area contributed by atoms with Crippen molar-refractivity contribution in [3.63, 3.8) is 0 Å². The number of allylic oxidation sites excluding steroid dienone is 1. The van der Waals surface area contributed by atoms with Gasteiger partial charge < -0.3 is 18.8 Å². The lowest BCUT2D eigenvalue weighted by Crippen LogP contribution is -2.41. The highest BCUT2D eigenvalue weighted by Gasteiger charge is 2.38. The van der Waals surface area contributed by atoms with Crippen molar-refractivity contribution in [2.45, 2.75) is 32.5 Å². The zero-order valence-corrected chi connectivity index (χ0v) is 20.4. The molecule has 182 valence electrons. The van der Waals surface area contributed by atoms with E-state index in [1.807, 2.05) is 29.3 Å². The molecule has 3 aromatic rings. The average Bonchev–Trinajstić information content (AvgIpc) is 3.51. The molecule has 1 unspecified atom stereocenters. The van der Waals surface area contributed by atoms with Crippen LogP contribution in [0.1, 0.15) is 34.8 Å². The quantitative estimate of drug-likeness (QED) is 0.512. The maximum atomic E-state index is 13.3. The second-order valence-electron chi connectivity index (χ2n) is 9.19. The molecule has 1 fully saturated rings. The van der Waals surface area contributed by atoms with Gasteiger partial charge in [0.1, 0.15) is 24.0 Å². The Labute approximate surface area is 203 Å². The number of hydrogen-bond acceptors (Lipinski definition) is 7. The number of sulfone groups is 1. The second-order valence-corrected chi connectivity index (χ2v) is 11.4. The number of carbonyl (C=O) groups excluding carboxylic acids is 1. The van der Waals surface area contributed by atoms with Crippen molar-refractivity contribution in [3.05, 3.63) is 59.0 Å². The normalized spacial score (nSPS) is 22.2. The lowest BCUT2D eigenvalue weighted by Gasteiger charge is -2.33. The topological polar surface area (TPSA) is 87.1 Å². The minimum absolute atomic E-state index is 0.0914. The van der Waals surface area contributed by atoms with Crippen LogP contribution in [-0.2, 0) is 22.9 Å². The molecule has 0 bridgehead atoms. The number of nitrogens with zero attached hydrogens (tertiary/aromatic N) is 2. The molecule has 1 atom stereocenters. The number of aromatic nitrogens is 1. The van der Waals surface area contributed by atoms with Crippen LogP contribution in [0.3, 0.4) is 0 Å². The lowest BCUT2D eigenvalue weighted by atomic mass is 10.0. The molecule has 1 aromatic heterocycles. The fourth-order valence-electron chi connectivity index (χ4n) is 5.22. The molecule has 2 aromatic carbocycles. The van der Waals surface area contributed by atoms with Gasteiger partial charge in [0, 0.05) is 41.8 Å². The highest BCUT2D eigenvalue weighted by Crippen LogP contribution is 2.43. The summed E-state index contributed by atoms with van der Waals surface area (Å²) in [5.74, 6) is 2.33. The Morgan fingerprint density at radius 3 is 2.83 bits per heavy atom. The number of carbonyl (C=O) groups is 1. The van der Waals surface area contributed by atoms with Crippen LogP contribution in [0.4, 0.5) is 0 Å². The van der Waals surface area contributed by atoms with E-state index in [0.717, 1.165) is 34.3 Å². The number of fused-ring (bicyclic) bond motifs is 4. The molecule has 0 amide bonds. The Bertz CT molecular complexity index is 1500. The maximum Gasteiger partial charge on any atom is 0.231 e. The third-order valence-corrected chi connectivity index (χ3v) is 8.87. The third-order valence-electron chi connectivity index (χ3n) is 7.12. The fourth-order valence-corrected chi connectivity index (χ4v) is 6.98. The number of aryl methyl sites for hydroxylation is 1. The fraction of sp³-hybridized carbons (Fsp3) is 0.346. The molecular weight excluding hydrogens is 468 g/mol. The first-order valence-corrected chi connectivity index (χ1v) is 13.5. The van der Waals surface area contributed by atoms with Crippen molar-refractivity contribution < 1.29 is 27.4 Å². The van der Waals surface area contributed by atoms with Crippen molar-refractivity contribution in [1.82, 2.24) is 9.47 Å². The average molecular weight is 495 g/mol. The Hall–Kier alpha value is -3.30. The van der Waals surface area contributed by atoms with E-state index in [4.69, 9.17) is 14.2 Å². The Kier molecular flexibility index (Phi) is 5.16. The van der Waals surface area contributed by atoms with Gasteiger partial charge in [-0.15, -0.1) is 0 Å². The van der Waals surface area contributed by atoms with Gasteiger partial charge in [0.05, 0.1) is 29.7 Å². The molecule has 0 saturated carbocycles. The smallest absolute Gasteiger partial charge is 0.231 e. The Balaban J connectivity index is 1.35. The molecule has 3 aliphatic rings. The third kappa shape index (κ3) is 3.70. The summed E-state index contributed by atoms with van der Waals surface area (Å²) in [5, 5.41) is 0.977. The summed E-state index contributed by atoms with van der Waals surface area (Å²) < 4.78 is 43.6. The van der Waals surface area contributed by atoms with E-state index in [-0.39, 0.29) is 29.1 Å². The van der Waals surface area contributed by atoms with Crippen LogP contribution in [-0.4, -0.2) is 55.1 Å². The van der Waals surface area contributed by atoms with E-state index in [2.05, 4.69) is 11.5 Å². The monoisotopic (exact) mass is 494 g/mol. The number of ether oxygens (including phenoxy) is 3. The Morgan fingerprint density at radius 1 is 1.23 bits per heavy atom. The number of methoxy groups -OCH3 is 1. The number of rotatable bonds is 4. The van der Waals surface area contributed by atoms with E-state index < -0.39 is 9.84 Å². The predicted octanol–water partition coefficient (Wildman–Crippen LogP) is 3.63. The highest BCUT2D eigenvalue weighted by molar-refractivity contribution is 7.91. The summed E-state index contributed by atoms with van der Waals surface area (Å²) in [5.41, 5.74) is 3.21. The summed E-state index contributed by atoms with van der Waals surface area (Å²) in [6, 6.07) is 9.35. The zero-order valence-electron chi connectivity index (χ0n) is 19.6. The molecule has 4 heterocycles. The van der Waals surface area contributed by atoms with E-state index in [1.165, 1.54) is 0 Å². The largest absolute Gasteiger partial charge is 0.497 e. The molecule has 3 aliphatic heterocycles. The molecule has 35 heavy (non-hydrogen) atoms. The molecule has 0 N–H and O–H groups in total. The first-order valence-electron chi connectivity index (χ1n) is 11.7. The van der Waals surface area contributed by atoms with Crippen LogP contribution in [0.5, 0.6) is 17.2 Å². The van der Waals surface area contributed by atoms with E-state index in [9.17, 15) is 13.2 Å². The van der Waals surface area contributed by atoms with E-state index >= 15 is 0 Å². The first-order chi connectivity index (χ1) is 16.9. The van der Waals surface area contributed by atoms with E-state index in [1.54, 1.807) is 25.3 Å². The van der Waals surface area contributed by atoms with Gasteiger partial charge in [-0.3, -0.25) is 9.69 Å². The molecule has 1 saturated heterocycles. The highest BCUT2D eigenvalue weighted by atomic mass is 32.2. The van der Waals surface area contributed by atoms with Crippen LogP contribution in [0.15, 0.2) is 42.3 Å². The van der Waals surface area contributed by atoms with E-state index in [0.29, 0.717) is 36.8 Å². The van der Waals surface area contributed by atoms with Gasteiger partial charge in [0.25, 0.3) is 0 Å². The maximum absolute atomic E-state index is 13.3. The SMILES string of the molecule is CCn1cc(/C=C2\Oc3c(ccc4c3CN(C3CCS(=O)(=O)C3)CO4)C2=O)c2cc(OC)ccc21. The van der Waals surface area contributed by atoms with Crippen LogP contribution in [0, 0.1) is 0 Å². The molecule has 6 rings (SSSR count). The predicted molar refractivity (Wildman–Crippen MR) is 132 cm³/mol. The second kappa shape index (κ2) is 8.13. The van der Waals surface area contributed by atoms with Crippen molar-refractivity contribution in [1.29, 1.82) is 0 Å². The lowest BCUT2D eigenvalue weighted by molar-refractivity contribution is 0.0634. The van der Waals surface area contributed by atoms with Gasteiger partial charge in [-0.1, -0.05) is 0 Å². The molecule has 9 heteroatoms. The molecule has 0 spiro atoms. The van der Waals surface area contributed by atoms with Crippen molar-refractivity contribution >= 4 is 32.6 Å². The van der Waals surface area contributed by atoms with Gasteiger partial charge in [0.15, 0.2) is 15.6 Å². The number of benzene rings is 2. The molecule has 8 nitrogen and oxygen atoms in total. The summed E-state index contributed by atoms with van der Waals surface area (Å²) in [6.45, 7) is 3.66. The zero-order chi connectivity index (χ0) is 24.3. The van der Waals surface area contributed by atoms with Gasteiger partial charge in [-0.05, 0) is 49.8 Å². The molecule has 0 radical (unpaired) electrons. The van der Waals surface area contributed by atoms with Gasteiger partial charge in [0.2, 0.25) is 5.78 Å². The summed E-state index contributed by atoms with van der Waals surface area (Å²) >= 11 is 0. The van der Waals surface area contributed by atoms with Gasteiger partial charge in [-0.2, -0.15) is 0 Å². The minimum Gasteiger partial charge on any atom is -0.497 e. The van der Waals surface area contributed by atoms with Gasteiger partial charge in [-0.25, -0.2) is 8.42 Å². The number of ketones is 1. The standard InChI is InChI=1S/C26H26N2O6S/c1-3-27-12-16(20-11-18(32-2)4-6-22(20)27)10-24-25(29)19-5-7-23-21(26(19)34-24)13-28(15-33-23)17-8-9-35(30,31)14-17/h4-7,10-12,17H,3,8-9,13-15H2,1-2H3/b24-10-.